The molecule has 102 valence electrons. The molecule has 0 fully saturated rings. The van der Waals surface area contributed by atoms with Gasteiger partial charge in [0.2, 0.25) is 0 Å². The Labute approximate surface area is 130 Å². The van der Waals surface area contributed by atoms with Crippen molar-refractivity contribution in [2.24, 2.45) is 0 Å². The Hall–Kier alpha value is -2.58. The highest BCUT2D eigenvalue weighted by Crippen LogP contribution is 2.25. The molecule has 0 aliphatic heterocycles. The Bertz CT molecular complexity index is 868. The zero-order valence-electron chi connectivity index (χ0n) is 11.0. The molecule has 2 aromatic carbocycles. The van der Waals surface area contributed by atoms with Crippen LogP contribution in [0, 0.1) is 11.3 Å². The van der Waals surface area contributed by atoms with E-state index in [2.05, 4.69) is 32.3 Å². The van der Waals surface area contributed by atoms with E-state index >= 15 is 0 Å². The van der Waals surface area contributed by atoms with Crippen molar-refractivity contribution < 1.29 is 0 Å². The summed E-state index contributed by atoms with van der Waals surface area (Å²) in [6, 6.07) is 17.0. The summed E-state index contributed by atoms with van der Waals surface area (Å²) in [7, 11) is 0. The number of benzene rings is 2. The van der Waals surface area contributed by atoms with Crippen LogP contribution in [0.3, 0.4) is 0 Å². The largest absolute Gasteiger partial charge is 0.399 e. The van der Waals surface area contributed by atoms with Crippen molar-refractivity contribution >= 4 is 44.0 Å². The Morgan fingerprint density at radius 1 is 1.10 bits per heavy atom. The zero-order chi connectivity index (χ0) is 14.8. The molecule has 3 N–H and O–H groups in total. The number of nitrogens with two attached hydrogens (primary N) is 1. The van der Waals surface area contributed by atoms with Gasteiger partial charge in [0.1, 0.15) is 11.9 Å². The van der Waals surface area contributed by atoms with E-state index in [0.717, 1.165) is 15.4 Å². The average molecular weight is 339 g/mol. The lowest BCUT2D eigenvalue weighted by atomic mass is 10.2. The average Bonchev–Trinajstić information content (AvgIpc) is 2.48. The molecule has 0 saturated carbocycles. The molecule has 5 heteroatoms. The van der Waals surface area contributed by atoms with E-state index in [1.54, 1.807) is 6.07 Å². The number of rotatable bonds is 2. The molecule has 0 atom stereocenters. The zero-order valence-corrected chi connectivity index (χ0v) is 12.6. The molecule has 3 aromatic rings. The minimum atomic E-state index is 0.567. The number of nitrogens with zero attached hydrogens (tertiary/aromatic N) is 2. The number of hydrogen-bond donors (Lipinski definition) is 2. The Balaban J connectivity index is 2.00. The van der Waals surface area contributed by atoms with Crippen LogP contribution in [0.5, 0.6) is 0 Å². The van der Waals surface area contributed by atoms with E-state index in [0.29, 0.717) is 22.8 Å². The highest BCUT2D eigenvalue weighted by Gasteiger charge is 2.05. The van der Waals surface area contributed by atoms with Crippen molar-refractivity contribution in [1.82, 2.24) is 4.98 Å². The monoisotopic (exact) mass is 338 g/mol. The minimum Gasteiger partial charge on any atom is -0.399 e. The maximum absolute atomic E-state index is 9.15. The second-order valence-corrected chi connectivity index (χ2v) is 5.49. The van der Waals surface area contributed by atoms with Crippen molar-refractivity contribution in [1.29, 1.82) is 5.26 Å². The SMILES string of the molecule is N#Cc1ccc(Br)cc1Nc1ccc2cc(N)ccc2n1. The number of nitrogens with one attached hydrogen (secondary N) is 1. The van der Waals surface area contributed by atoms with Gasteiger partial charge in [-0.3, -0.25) is 0 Å². The van der Waals surface area contributed by atoms with Crippen LogP contribution < -0.4 is 11.1 Å². The number of hydrogen-bond acceptors (Lipinski definition) is 4. The van der Waals surface area contributed by atoms with Crippen molar-refractivity contribution in [3.63, 3.8) is 0 Å². The predicted octanol–water partition coefficient (Wildman–Crippen LogP) is 4.19. The molecule has 0 amide bonds. The summed E-state index contributed by atoms with van der Waals surface area (Å²) in [6.45, 7) is 0. The fraction of sp³-hybridized carbons (Fsp3) is 0. The van der Waals surface area contributed by atoms with Gasteiger partial charge < -0.3 is 11.1 Å². The van der Waals surface area contributed by atoms with Gasteiger partial charge in [-0.25, -0.2) is 4.98 Å². The molecule has 4 nitrogen and oxygen atoms in total. The van der Waals surface area contributed by atoms with Gasteiger partial charge >= 0.3 is 0 Å². The lowest BCUT2D eigenvalue weighted by Gasteiger charge is -2.09. The first-order chi connectivity index (χ1) is 10.2. The van der Waals surface area contributed by atoms with Crippen molar-refractivity contribution in [2.75, 3.05) is 11.1 Å². The van der Waals surface area contributed by atoms with Gasteiger partial charge in [-0.1, -0.05) is 15.9 Å². The van der Waals surface area contributed by atoms with E-state index in [-0.39, 0.29) is 0 Å². The van der Waals surface area contributed by atoms with Gasteiger partial charge in [0.05, 0.1) is 16.8 Å². The second kappa shape index (κ2) is 5.43. The number of fused-ring (bicyclic) bond motifs is 1. The van der Waals surface area contributed by atoms with Gasteiger partial charge in [0.25, 0.3) is 0 Å². The van der Waals surface area contributed by atoms with Crippen LogP contribution in [0.1, 0.15) is 5.56 Å². The van der Waals surface area contributed by atoms with E-state index in [1.807, 2.05) is 42.5 Å². The molecule has 0 spiro atoms. The lowest BCUT2D eigenvalue weighted by molar-refractivity contribution is 1.36. The maximum Gasteiger partial charge on any atom is 0.131 e. The quantitative estimate of drug-likeness (QED) is 0.687. The lowest BCUT2D eigenvalue weighted by Crippen LogP contribution is -1.96. The van der Waals surface area contributed by atoms with Gasteiger partial charge in [-0.2, -0.15) is 5.26 Å². The van der Waals surface area contributed by atoms with Crippen LogP contribution >= 0.6 is 15.9 Å². The molecular weight excluding hydrogens is 328 g/mol. The number of nitriles is 1. The molecule has 3 rings (SSSR count). The van der Waals surface area contributed by atoms with Gasteiger partial charge in [-0.05, 0) is 48.5 Å². The molecule has 0 aliphatic rings. The highest BCUT2D eigenvalue weighted by molar-refractivity contribution is 9.10. The van der Waals surface area contributed by atoms with E-state index < -0.39 is 0 Å². The maximum atomic E-state index is 9.15. The number of aromatic nitrogens is 1. The fourth-order valence-corrected chi connectivity index (χ4v) is 2.43. The summed E-state index contributed by atoms with van der Waals surface area (Å²) in [6.07, 6.45) is 0. The first-order valence-electron chi connectivity index (χ1n) is 6.29. The number of nitrogen functional groups attached to an aromatic ring is 1. The molecule has 0 bridgehead atoms. The summed E-state index contributed by atoms with van der Waals surface area (Å²) in [4.78, 5) is 4.53. The normalized spacial score (nSPS) is 10.3. The Morgan fingerprint density at radius 3 is 2.76 bits per heavy atom. The van der Waals surface area contributed by atoms with Crippen molar-refractivity contribution in [3.8, 4) is 6.07 Å². The first-order valence-corrected chi connectivity index (χ1v) is 7.08. The first kappa shape index (κ1) is 13.4. The van der Waals surface area contributed by atoms with Gasteiger partial charge in [-0.15, -0.1) is 0 Å². The molecule has 0 radical (unpaired) electrons. The molecule has 1 aromatic heterocycles. The molecule has 1 heterocycles. The molecule has 0 unspecified atom stereocenters. The summed E-state index contributed by atoms with van der Waals surface area (Å²) in [5.74, 6) is 0.682. The molecule has 21 heavy (non-hydrogen) atoms. The van der Waals surface area contributed by atoms with E-state index in [4.69, 9.17) is 11.0 Å². The van der Waals surface area contributed by atoms with Crippen molar-refractivity contribution in [3.05, 3.63) is 58.6 Å². The Kier molecular flexibility index (Phi) is 3.46. The van der Waals surface area contributed by atoms with E-state index in [1.165, 1.54) is 0 Å². The summed E-state index contributed by atoms with van der Waals surface area (Å²) in [5.41, 5.74) is 8.60. The highest BCUT2D eigenvalue weighted by atomic mass is 79.9. The van der Waals surface area contributed by atoms with E-state index in [9.17, 15) is 0 Å². The predicted molar refractivity (Wildman–Crippen MR) is 88.3 cm³/mol. The van der Waals surface area contributed by atoms with Crippen LogP contribution in [0.25, 0.3) is 10.9 Å². The smallest absolute Gasteiger partial charge is 0.131 e. The number of halogens is 1. The summed E-state index contributed by atoms with van der Waals surface area (Å²) in [5, 5.41) is 13.3. The van der Waals surface area contributed by atoms with Gasteiger partial charge in [0, 0.05) is 15.5 Å². The second-order valence-electron chi connectivity index (χ2n) is 4.58. The molecule has 0 aliphatic carbocycles. The van der Waals surface area contributed by atoms with Gasteiger partial charge in [0.15, 0.2) is 0 Å². The third-order valence-electron chi connectivity index (χ3n) is 3.08. The summed E-state index contributed by atoms with van der Waals surface area (Å²) >= 11 is 3.40. The Morgan fingerprint density at radius 2 is 1.95 bits per heavy atom. The number of anilines is 3. The third kappa shape index (κ3) is 2.81. The van der Waals surface area contributed by atoms with Crippen LogP contribution in [-0.2, 0) is 0 Å². The van der Waals surface area contributed by atoms with Crippen LogP contribution in [0.15, 0.2) is 53.0 Å². The van der Waals surface area contributed by atoms with Crippen LogP contribution in [-0.4, -0.2) is 4.98 Å². The minimum absolute atomic E-state index is 0.567. The van der Waals surface area contributed by atoms with Crippen LogP contribution in [0.2, 0.25) is 0 Å². The number of pyridine rings is 1. The molecular formula is C16H11BrN4. The fourth-order valence-electron chi connectivity index (χ4n) is 2.07. The topological polar surface area (TPSA) is 74.7 Å². The third-order valence-corrected chi connectivity index (χ3v) is 3.57. The summed E-state index contributed by atoms with van der Waals surface area (Å²) < 4.78 is 0.901. The van der Waals surface area contributed by atoms with Crippen molar-refractivity contribution in [2.45, 2.75) is 0 Å². The standard InChI is InChI=1S/C16H11BrN4/c17-12-3-1-11(9-18)15(8-12)21-16-6-2-10-7-13(19)4-5-14(10)20-16/h1-8H,19H2,(H,20,21). The van der Waals surface area contributed by atoms with Crippen LogP contribution in [0.4, 0.5) is 17.2 Å². The molecule has 0 saturated heterocycles.